The summed E-state index contributed by atoms with van der Waals surface area (Å²) in [7, 11) is 1.27. The van der Waals surface area contributed by atoms with E-state index in [1.54, 1.807) is 0 Å². The zero-order valence-electron chi connectivity index (χ0n) is 18.0. The van der Waals surface area contributed by atoms with Gasteiger partial charge in [0.25, 0.3) is 0 Å². The molecule has 1 saturated heterocycles. The Labute approximate surface area is 182 Å². The Morgan fingerprint density at radius 3 is 2.65 bits per heavy atom. The molecule has 164 valence electrons. The number of alkyl halides is 1. The van der Waals surface area contributed by atoms with E-state index in [0.717, 1.165) is 55.6 Å². The molecule has 0 saturated carbocycles. The second-order valence-corrected chi connectivity index (χ2v) is 8.52. The highest BCUT2D eigenvalue weighted by atomic mass is 19.1. The molecule has 0 unspecified atom stereocenters. The third-order valence-corrected chi connectivity index (χ3v) is 6.35. The van der Waals surface area contributed by atoms with Gasteiger partial charge in [-0.15, -0.1) is 0 Å². The summed E-state index contributed by atoms with van der Waals surface area (Å²) in [6, 6.07) is 11.9. The van der Waals surface area contributed by atoms with Crippen molar-refractivity contribution in [3.05, 3.63) is 76.1 Å². The van der Waals surface area contributed by atoms with Gasteiger partial charge in [0.1, 0.15) is 5.82 Å². The van der Waals surface area contributed by atoms with Crippen LogP contribution in [0.3, 0.4) is 0 Å². The Bertz CT molecular complexity index is 962. The Balaban J connectivity index is 1.50. The average molecular weight is 426 g/mol. The fourth-order valence-corrected chi connectivity index (χ4v) is 4.72. The molecule has 2 aromatic carbocycles. The summed E-state index contributed by atoms with van der Waals surface area (Å²) in [6.45, 7) is 2.70. The lowest BCUT2D eigenvalue weighted by Crippen LogP contribution is -2.47. The number of carbonyl (C=O) groups is 1. The molecule has 2 aliphatic rings. The third kappa shape index (κ3) is 4.72. The molecular formula is C26H29F2NO2. The summed E-state index contributed by atoms with van der Waals surface area (Å²) in [6.07, 6.45) is 6.14. The third-order valence-electron chi connectivity index (χ3n) is 6.35. The van der Waals surface area contributed by atoms with E-state index in [9.17, 15) is 9.18 Å². The molecule has 0 aromatic heterocycles. The number of rotatable bonds is 7. The van der Waals surface area contributed by atoms with Gasteiger partial charge in [-0.1, -0.05) is 36.4 Å². The summed E-state index contributed by atoms with van der Waals surface area (Å²) in [4.78, 5) is 14.2. The van der Waals surface area contributed by atoms with Crippen LogP contribution in [-0.4, -0.2) is 44.3 Å². The fourth-order valence-electron chi connectivity index (χ4n) is 4.72. The number of hydrogen-bond donors (Lipinski definition) is 0. The van der Waals surface area contributed by atoms with E-state index in [1.807, 2.05) is 6.07 Å². The molecule has 31 heavy (non-hydrogen) atoms. The average Bonchev–Trinajstić information content (AvgIpc) is 2.98. The quantitative estimate of drug-likeness (QED) is 0.570. The highest BCUT2D eigenvalue weighted by Gasteiger charge is 2.26. The smallest absolute Gasteiger partial charge is 0.340 e. The SMILES string of the molecule is COC(=O)c1ccc2c(c1F)CCCC=C2c1ccc(CC2CN(CCCF)C2)cc1. The molecular weight excluding hydrogens is 396 g/mol. The van der Waals surface area contributed by atoms with Crippen molar-refractivity contribution < 1.29 is 18.3 Å². The van der Waals surface area contributed by atoms with Crippen LogP contribution in [-0.2, 0) is 17.6 Å². The number of likely N-dealkylation sites (tertiary alicyclic amines) is 1. The van der Waals surface area contributed by atoms with Gasteiger partial charge < -0.3 is 9.64 Å². The van der Waals surface area contributed by atoms with Crippen LogP contribution >= 0.6 is 0 Å². The van der Waals surface area contributed by atoms with E-state index >= 15 is 4.39 Å². The van der Waals surface area contributed by atoms with Crippen molar-refractivity contribution in [1.29, 1.82) is 0 Å². The van der Waals surface area contributed by atoms with Crippen LogP contribution in [0.15, 0.2) is 42.5 Å². The van der Waals surface area contributed by atoms with Gasteiger partial charge in [0, 0.05) is 19.6 Å². The van der Waals surface area contributed by atoms with Crippen molar-refractivity contribution >= 4 is 11.5 Å². The van der Waals surface area contributed by atoms with Crippen LogP contribution in [0.2, 0.25) is 0 Å². The molecule has 0 spiro atoms. The fraction of sp³-hybridized carbons (Fsp3) is 0.423. The molecule has 0 atom stereocenters. The minimum atomic E-state index is -0.640. The van der Waals surface area contributed by atoms with Crippen molar-refractivity contribution in [1.82, 2.24) is 4.90 Å². The predicted molar refractivity (Wildman–Crippen MR) is 118 cm³/mol. The maximum atomic E-state index is 15.1. The van der Waals surface area contributed by atoms with Gasteiger partial charge in [0.15, 0.2) is 0 Å². The van der Waals surface area contributed by atoms with E-state index in [4.69, 9.17) is 4.74 Å². The maximum Gasteiger partial charge on any atom is 0.340 e. The molecule has 1 aliphatic heterocycles. The first-order valence-electron chi connectivity index (χ1n) is 11.1. The van der Waals surface area contributed by atoms with E-state index in [2.05, 4.69) is 35.2 Å². The van der Waals surface area contributed by atoms with Gasteiger partial charge in [-0.25, -0.2) is 9.18 Å². The second-order valence-electron chi connectivity index (χ2n) is 8.52. The molecule has 5 heteroatoms. The molecule has 2 aromatic rings. The van der Waals surface area contributed by atoms with Crippen molar-refractivity contribution in [3.8, 4) is 0 Å². The number of nitrogens with zero attached hydrogens (tertiary/aromatic N) is 1. The summed E-state index contributed by atoms with van der Waals surface area (Å²) < 4.78 is 32.1. The minimum absolute atomic E-state index is 0.00101. The predicted octanol–water partition coefficient (Wildman–Crippen LogP) is 5.21. The van der Waals surface area contributed by atoms with E-state index < -0.39 is 11.8 Å². The molecule has 0 amide bonds. The molecule has 0 bridgehead atoms. The van der Waals surface area contributed by atoms with E-state index in [1.165, 1.54) is 18.7 Å². The standard InChI is InChI=1S/C26H29F2NO2/c1-31-26(30)24-12-11-22-21(5-2-3-6-23(22)25(24)28)20-9-7-18(8-10-20)15-19-16-29(17-19)14-4-13-27/h5,7-12,19H,2-4,6,13-17H2,1H3. The minimum Gasteiger partial charge on any atom is -0.465 e. The molecule has 4 rings (SSSR count). The van der Waals surface area contributed by atoms with Crippen LogP contribution in [0.1, 0.15) is 51.9 Å². The highest BCUT2D eigenvalue weighted by Crippen LogP contribution is 2.34. The van der Waals surface area contributed by atoms with E-state index in [0.29, 0.717) is 24.3 Å². The van der Waals surface area contributed by atoms with Crippen LogP contribution in [0, 0.1) is 11.7 Å². The van der Waals surface area contributed by atoms with Crippen LogP contribution in [0.25, 0.3) is 5.57 Å². The number of methoxy groups -OCH3 is 1. The number of fused-ring (bicyclic) bond motifs is 1. The van der Waals surface area contributed by atoms with Crippen molar-refractivity contribution in [2.75, 3.05) is 33.4 Å². The normalized spacial score (nSPS) is 16.8. The largest absolute Gasteiger partial charge is 0.465 e. The summed E-state index contributed by atoms with van der Waals surface area (Å²) in [5.74, 6) is -0.469. The summed E-state index contributed by atoms with van der Waals surface area (Å²) in [5.41, 5.74) is 4.83. The first-order chi connectivity index (χ1) is 15.1. The highest BCUT2D eigenvalue weighted by molar-refractivity contribution is 5.91. The number of ether oxygens (including phenoxy) is 1. The molecule has 0 radical (unpaired) electrons. The molecule has 3 nitrogen and oxygen atoms in total. The van der Waals surface area contributed by atoms with Gasteiger partial charge in [-0.2, -0.15) is 0 Å². The first kappa shape index (κ1) is 21.7. The zero-order valence-corrected chi connectivity index (χ0v) is 18.0. The van der Waals surface area contributed by atoms with Gasteiger partial charge in [-0.05, 0) is 71.9 Å². The van der Waals surface area contributed by atoms with Crippen molar-refractivity contribution in [2.45, 2.75) is 32.1 Å². The van der Waals surface area contributed by atoms with Crippen LogP contribution < -0.4 is 0 Å². The van der Waals surface area contributed by atoms with Crippen molar-refractivity contribution in [2.24, 2.45) is 5.92 Å². The Morgan fingerprint density at radius 1 is 1.16 bits per heavy atom. The molecule has 1 aliphatic carbocycles. The monoisotopic (exact) mass is 425 g/mol. The lowest BCUT2D eigenvalue weighted by molar-refractivity contribution is 0.0595. The van der Waals surface area contributed by atoms with Crippen LogP contribution in [0.5, 0.6) is 0 Å². The first-order valence-corrected chi connectivity index (χ1v) is 11.1. The Morgan fingerprint density at radius 2 is 1.94 bits per heavy atom. The molecule has 0 N–H and O–H groups in total. The number of hydrogen-bond acceptors (Lipinski definition) is 3. The Kier molecular flexibility index (Phi) is 6.81. The number of allylic oxidation sites excluding steroid dienone is 1. The summed E-state index contributed by atoms with van der Waals surface area (Å²) >= 11 is 0. The Hall–Kier alpha value is -2.53. The molecule has 1 fully saturated rings. The lowest BCUT2D eigenvalue weighted by atomic mass is 9.89. The lowest BCUT2D eigenvalue weighted by Gasteiger charge is -2.39. The van der Waals surface area contributed by atoms with Gasteiger partial charge in [-0.3, -0.25) is 4.39 Å². The van der Waals surface area contributed by atoms with Crippen molar-refractivity contribution in [3.63, 3.8) is 0 Å². The number of halogens is 2. The van der Waals surface area contributed by atoms with Gasteiger partial charge in [0.05, 0.1) is 19.3 Å². The number of esters is 1. The number of carbonyl (C=O) groups excluding carboxylic acids is 1. The zero-order chi connectivity index (χ0) is 21.8. The van der Waals surface area contributed by atoms with Crippen LogP contribution in [0.4, 0.5) is 8.78 Å². The molecule has 1 heterocycles. The maximum absolute atomic E-state index is 15.1. The van der Waals surface area contributed by atoms with Gasteiger partial charge in [0.2, 0.25) is 0 Å². The topological polar surface area (TPSA) is 29.5 Å². The second kappa shape index (κ2) is 9.73. The van der Waals surface area contributed by atoms with Gasteiger partial charge >= 0.3 is 5.97 Å². The summed E-state index contributed by atoms with van der Waals surface area (Å²) in [5, 5.41) is 0. The number of benzene rings is 2. The van der Waals surface area contributed by atoms with E-state index in [-0.39, 0.29) is 12.2 Å².